The highest BCUT2D eigenvalue weighted by molar-refractivity contribution is 7.14. The molecule has 0 unspecified atom stereocenters. The van der Waals surface area contributed by atoms with Crippen molar-refractivity contribution in [3.63, 3.8) is 0 Å². The zero-order chi connectivity index (χ0) is 14.4. The van der Waals surface area contributed by atoms with Crippen molar-refractivity contribution >= 4 is 23.4 Å². The van der Waals surface area contributed by atoms with Crippen LogP contribution in [0.1, 0.15) is 27.0 Å². The summed E-state index contributed by atoms with van der Waals surface area (Å²) < 4.78 is 5.55. The van der Waals surface area contributed by atoms with Gasteiger partial charge in [-0.15, -0.1) is 11.3 Å². The molecule has 0 aliphatic rings. The number of rotatable bonds is 6. The van der Waals surface area contributed by atoms with Crippen molar-refractivity contribution in [3.8, 4) is 5.75 Å². The highest BCUT2D eigenvalue weighted by Crippen LogP contribution is 2.29. The van der Waals surface area contributed by atoms with Crippen LogP contribution in [-0.2, 0) is 6.42 Å². The standard InChI is InChI=1S/C16H16O3S/c1-2-13-11-14(15(20-13)16(17)18)19-10-6-9-12-7-4-3-5-8-12/h3-9,11H,2,10H2,1H3,(H,17,18). The van der Waals surface area contributed by atoms with Crippen LogP contribution in [-0.4, -0.2) is 17.7 Å². The molecule has 0 aliphatic heterocycles. The number of aryl methyl sites for hydroxylation is 1. The molecule has 0 fully saturated rings. The summed E-state index contributed by atoms with van der Waals surface area (Å²) in [6.45, 7) is 2.35. The zero-order valence-corrected chi connectivity index (χ0v) is 12.0. The van der Waals surface area contributed by atoms with E-state index in [2.05, 4.69) is 0 Å². The number of hydrogen-bond acceptors (Lipinski definition) is 3. The van der Waals surface area contributed by atoms with Crippen molar-refractivity contribution in [2.75, 3.05) is 6.61 Å². The predicted molar refractivity (Wildman–Crippen MR) is 81.6 cm³/mol. The Bertz CT molecular complexity index is 599. The Morgan fingerprint density at radius 1 is 1.35 bits per heavy atom. The summed E-state index contributed by atoms with van der Waals surface area (Å²) in [7, 11) is 0. The predicted octanol–water partition coefficient (Wildman–Crippen LogP) is 4.10. The summed E-state index contributed by atoms with van der Waals surface area (Å²) in [5, 5.41) is 9.12. The van der Waals surface area contributed by atoms with Gasteiger partial charge >= 0.3 is 5.97 Å². The lowest BCUT2D eigenvalue weighted by Crippen LogP contribution is -1.99. The Kier molecular flexibility index (Phi) is 4.96. The molecule has 1 aromatic heterocycles. The lowest BCUT2D eigenvalue weighted by Gasteiger charge is -2.01. The molecule has 0 saturated carbocycles. The second-order valence-electron chi connectivity index (χ2n) is 4.19. The number of benzene rings is 1. The van der Waals surface area contributed by atoms with Crippen LogP contribution in [0.15, 0.2) is 42.5 Å². The van der Waals surface area contributed by atoms with Crippen molar-refractivity contribution in [2.24, 2.45) is 0 Å². The minimum atomic E-state index is -0.934. The van der Waals surface area contributed by atoms with Crippen LogP contribution in [0.25, 0.3) is 6.08 Å². The van der Waals surface area contributed by atoms with E-state index >= 15 is 0 Å². The van der Waals surface area contributed by atoms with Crippen LogP contribution in [0.4, 0.5) is 0 Å². The van der Waals surface area contributed by atoms with Crippen LogP contribution in [0.5, 0.6) is 5.75 Å². The molecule has 0 bridgehead atoms. The molecular formula is C16H16O3S. The van der Waals surface area contributed by atoms with Gasteiger partial charge in [-0.1, -0.05) is 43.3 Å². The Balaban J connectivity index is 1.99. The summed E-state index contributed by atoms with van der Waals surface area (Å²) in [6.07, 6.45) is 4.64. The van der Waals surface area contributed by atoms with E-state index in [1.165, 1.54) is 11.3 Å². The van der Waals surface area contributed by atoms with Crippen LogP contribution in [0, 0.1) is 0 Å². The molecule has 2 aromatic rings. The van der Waals surface area contributed by atoms with Crippen LogP contribution >= 0.6 is 11.3 Å². The molecule has 1 N–H and O–H groups in total. The molecule has 0 saturated heterocycles. The molecule has 0 spiro atoms. The van der Waals surface area contributed by atoms with E-state index in [9.17, 15) is 4.79 Å². The summed E-state index contributed by atoms with van der Waals surface area (Å²) in [4.78, 5) is 12.4. The first-order valence-corrected chi connectivity index (χ1v) is 7.22. The van der Waals surface area contributed by atoms with Gasteiger partial charge in [0.1, 0.15) is 12.4 Å². The molecule has 0 amide bonds. The monoisotopic (exact) mass is 288 g/mol. The molecule has 0 atom stereocenters. The van der Waals surface area contributed by atoms with Crippen LogP contribution < -0.4 is 4.74 Å². The molecule has 4 heteroatoms. The van der Waals surface area contributed by atoms with E-state index in [1.807, 2.05) is 55.5 Å². The van der Waals surface area contributed by atoms with E-state index < -0.39 is 5.97 Å². The fourth-order valence-electron chi connectivity index (χ4n) is 1.74. The molecule has 1 aromatic carbocycles. The van der Waals surface area contributed by atoms with Gasteiger partial charge in [-0.2, -0.15) is 0 Å². The van der Waals surface area contributed by atoms with Crippen molar-refractivity contribution in [2.45, 2.75) is 13.3 Å². The number of thiophene rings is 1. The van der Waals surface area contributed by atoms with E-state index in [-0.39, 0.29) is 4.88 Å². The Labute approximate surface area is 122 Å². The van der Waals surface area contributed by atoms with Gasteiger partial charge in [0.05, 0.1) is 0 Å². The van der Waals surface area contributed by atoms with Crippen LogP contribution in [0.2, 0.25) is 0 Å². The minimum Gasteiger partial charge on any atom is -0.488 e. The second-order valence-corrected chi connectivity index (χ2v) is 5.33. The number of aromatic carboxylic acids is 1. The number of carboxylic acid groups (broad SMARTS) is 1. The maximum absolute atomic E-state index is 11.1. The average molecular weight is 288 g/mol. The average Bonchev–Trinajstić information content (AvgIpc) is 2.88. The molecule has 1 heterocycles. The molecule has 0 radical (unpaired) electrons. The largest absolute Gasteiger partial charge is 0.488 e. The van der Waals surface area contributed by atoms with Gasteiger partial charge in [0.2, 0.25) is 0 Å². The second kappa shape index (κ2) is 6.91. The Morgan fingerprint density at radius 3 is 2.75 bits per heavy atom. The van der Waals surface area contributed by atoms with E-state index in [4.69, 9.17) is 9.84 Å². The SMILES string of the molecule is CCc1cc(OCC=Cc2ccccc2)c(C(=O)O)s1. The molecular weight excluding hydrogens is 272 g/mol. The van der Waals surface area contributed by atoms with Gasteiger partial charge in [0.15, 0.2) is 4.88 Å². The summed E-state index contributed by atoms with van der Waals surface area (Å²) in [5.41, 5.74) is 1.09. The summed E-state index contributed by atoms with van der Waals surface area (Å²) >= 11 is 1.27. The first kappa shape index (κ1) is 14.3. The summed E-state index contributed by atoms with van der Waals surface area (Å²) in [5.74, 6) is -0.478. The van der Waals surface area contributed by atoms with Crippen molar-refractivity contribution in [3.05, 3.63) is 57.8 Å². The van der Waals surface area contributed by atoms with Crippen molar-refractivity contribution in [1.82, 2.24) is 0 Å². The van der Waals surface area contributed by atoms with Crippen molar-refractivity contribution < 1.29 is 14.6 Å². The van der Waals surface area contributed by atoms with Crippen molar-refractivity contribution in [1.29, 1.82) is 0 Å². The maximum Gasteiger partial charge on any atom is 0.349 e. The number of carbonyl (C=O) groups is 1. The molecule has 20 heavy (non-hydrogen) atoms. The number of carboxylic acids is 1. The van der Waals surface area contributed by atoms with Gasteiger partial charge in [-0.3, -0.25) is 0 Å². The van der Waals surface area contributed by atoms with E-state index in [0.717, 1.165) is 16.9 Å². The molecule has 104 valence electrons. The quantitative estimate of drug-likeness (QED) is 0.870. The van der Waals surface area contributed by atoms with Gasteiger partial charge < -0.3 is 9.84 Å². The maximum atomic E-state index is 11.1. The topological polar surface area (TPSA) is 46.5 Å². The third-order valence-corrected chi connectivity index (χ3v) is 3.99. The number of hydrogen-bond donors (Lipinski definition) is 1. The highest BCUT2D eigenvalue weighted by Gasteiger charge is 2.15. The first-order chi connectivity index (χ1) is 9.70. The highest BCUT2D eigenvalue weighted by atomic mass is 32.1. The molecule has 3 nitrogen and oxygen atoms in total. The zero-order valence-electron chi connectivity index (χ0n) is 11.2. The van der Waals surface area contributed by atoms with Gasteiger partial charge in [-0.25, -0.2) is 4.79 Å². The molecule has 2 rings (SSSR count). The smallest absolute Gasteiger partial charge is 0.349 e. The molecule has 0 aliphatic carbocycles. The third-order valence-electron chi connectivity index (χ3n) is 2.74. The Hall–Kier alpha value is -2.07. The fraction of sp³-hybridized carbons (Fsp3) is 0.188. The Morgan fingerprint density at radius 2 is 2.10 bits per heavy atom. The normalized spacial score (nSPS) is 10.8. The van der Waals surface area contributed by atoms with Crippen LogP contribution in [0.3, 0.4) is 0 Å². The lowest BCUT2D eigenvalue weighted by molar-refractivity contribution is 0.0698. The summed E-state index contributed by atoms with van der Waals surface area (Å²) in [6, 6.07) is 11.7. The van der Waals surface area contributed by atoms with E-state index in [1.54, 1.807) is 0 Å². The van der Waals surface area contributed by atoms with Gasteiger partial charge in [0.25, 0.3) is 0 Å². The fourth-order valence-corrected chi connectivity index (χ4v) is 2.62. The van der Waals surface area contributed by atoms with Gasteiger partial charge in [0, 0.05) is 4.88 Å². The van der Waals surface area contributed by atoms with Gasteiger partial charge in [-0.05, 0) is 24.1 Å². The third kappa shape index (κ3) is 3.71. The number of ether oxygens (including phenoxy) is 1. The van der Waals surface area contributed by atoms with E-state index in [0.29, 0.717) is 12.4 Å². The first-order valence-electron chi connectivity index (χ1n) is 6.41. The minimum absolute atomic E-state index is 0.273. The lowest BCUT2D eigenvalue weighted by atomic mass is 10.2.